The molecule has 0 spiro atoms. The molecule has 1 aromatic carbocycles. The third-order valence-electron chi connectivity index (χ3n) is 2.00. The van der Waals surface area contributed by atoms with Crippen molar-refractivity contribution in [3.8, 4) is 0 Å². The predicted molar refractivity (Wildman–Crippen MR) is 66.6 cm³/mol. The Balaban J connectivity index is 2.75. The Hall–Kier alpha value is -2.36. The molecule has 0 aliphatic rings. The molecule has 0 saturated heterocycles. The van der Waals surface area contributed by atoms with Crippen LogP contribution in [0.15, 0.2) is 43.0 Å². The van der Waals surface area contributed by atoms with Crippen LogP contribution in [0.2, 0.25) is 0 Å². The third kappa shape index (κ3) is 4.34. The molecular weight excluding hydrogens is 218 g/mol. The molecule has 2 N–H and O–H groups in total. The molecule has 1 rings (SSSR count). The average molecular weight is 231 g/mol. The minimum absolute atomic E-state index is 0.480. The first-order valence-corrected chi connectivity index (χ1v) is 4.97. The van der Waals surface area contributed by atoms with E-state index in [0.717, 1.165) is 23.3 Å². The van der Waals surface area contributed by atoms with Crippen molar-refractivity contribution in [1.82, 2.24) is 0 Å². The predicted octanol–water partition coefficient (Wildman–Crippen LogP) is 2.30. The summed E-state index contributed by atoms with van der Waals surface area (Å²) in [6.07, 6.45) is 1.76. The second-order valence-corrected chi connectivity index (χ2v) is 3.52. The van der Waals surface area contributed by atoms with Gasteiger partial charge in [-0.25, -0.2) is 4.79 Å². The molecule has 0 aromatic heterocycles. The number of anilines is 1. The van der Waals surface area contributed by atoms with Crippen molar-refractivity contribution in [2.75, 3.05) is 5.32 Å². The van der Waals surface area contributed by atoms with Gasteiger partial charge < -0.3 is 10.4 Å². The molecule has 0 aliphatic carbocycles. The summed E-state index contributed by atoms with van der Waals surface area (Å²) in [6, 6.07) is 7.17. The van der Waals surface area contributed by atoms with Gasteiger partial charge in [-0.05, 0) is 24.6 Å². The second kappa shape index (κ2) is 5.65. The van der Waals surface area contributed by atoms with Crippen molar-refractivity contribution in [3.05, 3.63) is 48.6 Å². The van der Waals surface area contributed by atoms with Crippen LogP contribution in [0.3, 0.4) is 0 Å². The van der Waals surface area contributed by atoms with Crippen LogP contribution < -0.4 is 5.32 Å². The van der Waals surface area contributed by atoms with Crippen LogP contribution in [0.4, 0.5) is 5.69 Å². The summed E-state index contributed by atoms with van der Waals surface area (Å²) in [5.41, 5.74) is 2.41. The Kier molecular flexibility index (Phi) is 4.22. The highest BCUT2D eigenvalue weighted by Crippen LogP contribution is 2.16. The fraction of sp³-hybridized carbons (Fsp3) is 0.0769. The number of nitrogens with one attached hydrogen (secondary N) is 1. The van der Waals surface area contributed by atoms with Crippen LogP contribution in [0.5, 0.6) is 0 Å². The van der Waals surface area contributed by atoms with Crippen LogP contribution in [-0.2, 0) is 9.59 Å². The molecule has 0 bridgehead atoms. The molecule has 4 nitrogen and oxygen atoms in total. The number of carboxylic acid groups (broad SMARTS) is 1. The molecule has 1 aromatic rings. The molecule has 4 heteroatoms. The Morgan fingerprint density at radius 1 is 1.35 bits per heavy atom. The first-order valence-electron chi connectivity index (χ1n) is 4.97. The number of allylic oxidation sites excluding steroid dienone is 1. The monoisotopic (exact) mass is 231 g/mol. The molecule has 0 radical (unpaired) electrons. The summed E-state index contributed by atoms with van der Waals surface area (Å²) < 4.78 is 0. The van der Waals surface area contributed by atoms with Gasteiger partial charge in [0.1, 0.15) is 0 Å². The molecular formula is C13H13NO3. The second-order valence-electron chi connectivity index (χ2n) is 3.52. The Bertz CT molecular complexity index is 489. The highest BCUT2D eigenvalue weighted by molar-refractivity contribution is 6.02. The molecule has 17 heavy (non-hydrogen) atoms. The fourth-order valence-corrected chi connectivity index (χ4v) is 1.19. The molecule has 0 heterocycles. The van der Waals surface area contributed by atoms with Gasteiger partial charge in [0.15, 0.2) is 0 Å². The maximum absolute atomic E-state index is 11.3. The standard InChI is InChI=1S/C13H13NO3/c1-9(2)10-4-3-5-11(8-10)14-12(15)6-7-13(16)17/h3-8H,1H2,2H3,(H,14,15)(H,16,17). The van der Waals surface area contributed by atoms with E-state index >= 15 is 0 Å². The van der Waals surface area contributed by atoms with Crippen molar-refractivity contribution < 1.29 is 14.7 Å². The van der Waals surface area contributed by atoms with Crippen LogP contribution in [0.1, 0.15) is 12.5 Å². The fourth-order valence-electron chi connectivity index (χ4n) is 1.19. The number of carbonyl (C=O) groups excluding carboxylic acids is 1. The molecule has 0 unspecified atom stereocenters. The van der Waals surface area contributed by atoms with E-state index in [0.29, 0.717) is 5.69 Å². The van der Waals surface area contributed by atoms with Gasteiger partial charge in [-0.2, -0.15) is 0 Å². The lowest BCUT2D eigenvalue weighted by Crippen LogP contribution is -2.08. The number of hydrogen-bond donors (Lipinski definition) is 2. The lowest BCUT2D eigenvalue weighted by atomic mass is 10.1. The van der Waals surface area contributed by atoms with Gasteiger partial charge in [0.05, 0.1) is 0 Å². The summed E-state index contributed by atoms with van der Waals surface area (Å²) in [5.74, 6) is -1.64. The molecule has 1 amide bonds. The highest BCUT2D eigenvalue weighted by Gasteiger charge is 2.00. The Morgan fingerprint density at radius 2 is 2.06 bits per heavy atom. The van der Waals surface area contributed by atoms with Crippen LogP contribution >= 0.6 is 0 Å². The molecule has 88 valence electrons. The summed E-state index contributed by atoms with van der Waals surface area (Å²) in [4.78, 5) is 21.5. The number of carbonyl (C=O) groups is 2. The lowest BCUT2D eigenvalue weighted by molar-refractivity contribution is -0.131. The summed E-state index contributed by atoms with van der Waals surface area (Å²) >= 11 is 0. The van der Waals surface area contributed by atoms with Crippen molar-refractivity contribution in [2.24, 2.45) is 0 Å². The van der Waals surface area contributed by atoms with Gasteiger partial charge in [-0.3, -0.25) is 4.79 Å². The van der Waals surface area contributed by atoms with Crippen molar-refractivity contribution in [2.45, 2.75) is 6.92 Å². The zero-order valence-corrected chi connectivity index (χ0v) is 9.43. The quantitative estimate of drug-likeness (QED) is 0.781. The lowest BCUT2D eigenvalue weighted by Gasteiger charge is -2.05. The minimum Gasteiger partial charge on any atom is -0.478 e. The van der Waals surface area contributed by atoms with Crippen molar-refractivity contribution >= 4 is 23.1 Å². The van der Waals surface area contributed by atoms with Gasteiger partial charge in [0.2, 0.25) is 5.91 Å². The molecule has 0 aliphatic heterocycles. The summed E-state index contributed by atoms with van der Waals surface area (Å²) in [6.45, 7) is 5.67. The van der Waals surface area contributed by atoms with Crippen molar-refractivity contribution in [1.29, 1.82) is 0 Å². The van der Waals surface area contributed by atoms with E-state index in [1.807, 2.05) is 13.0 Å². The maximum Gasteiger partial charge on any atom is 0.328 e. The topological polar surface area (TPSA) is 66.4 Å². The average Bonchev–Trinajstić information content (AvgIpc) is 2.26. The zero-order valence-electron chi connectivity index (χ0n) is 9.43. The zero-order chi connectivity index (χ0) is 12.8. The number of hydrogen-bond acceptors (Lipinski definition) is 2. The number of aliphatic carboxylic acids is 1. The van der Waals surface area contributed by atoms with Gasteiger partial charge in [0, 0.05) is 17.8 Å². The first-order chi connectivity index (χ1) is 7.99. The van der Waals surface area contributed by atoms with Gasteiger partial charge >= 0.3 is 5.97 Å². The Labute approximate surface area is 99.3 Å². The third-order valence-corrected chi connectivity index (χ3v) is 2.00. The van der Waals surface area contributed by atoms with E-state index in [4.69, 9.17) is 5.11 Å². The maximum atomic E-state index is 11.3. The van der Waals surface area contributed by atoms with E-state index in [1.165, 1.54) is 0 Å². The van der Waals surface area contributed by atoms with Gasteiger partial charge in [-0.15, -0.1) is 0 Å². The van der Waals surface area contributed by atoms with E-state index in [2.05, 4.69) is 11.9 Å². The highest BCUT2D eigenvalue weighted by atomic mass is 16.4. The number of benzene rings is 1. The van der Waals surface area contributed by atoms with E-state index in [-0.39, 0.29) is 0 Å². The molecule has 0 atom stereocenters. The SMILES string of the molecule is C=C(C)c1cccc(NC(=O)C=CC(=O)O)c1. The van der Waals surface area contributed by atoms with E-state index in [1.54, 1.807) is 18.2 Å². The number of carboxylic acids is 1. The summed E-state index contributed by atoms with van der Waals surface area (Å²) in [5, 5.41) is 10.9. The van der Waals surface area contributed by atoms with Crippen LogP contribution in [-0.4, -0.2) is 17.0 Å². The number of rotatable bonds is 4. The smallest absolute Gasteiger partial charge is 0.328 e. The summed E-state index contributed by atoms with van der Waals surface area (Å²) in [7, 11) is 0. The molecule has 0 fully saturated rings. The molecule has 0 saturated carbocycles. The van der Waals surface area contributed by atoms with Crippen molar-refractivity contribution in [3.63, 3.8) is 0 Å². The first kappa shape index (κ1) is 12.7. The van der Waals surface area contributed by atoms with Crippen LogP contribution in [0, 0.1) is 0 Å². The van der Waals surface area contributed by atoms with Crippen LogP contribution in [0.25, 0.3) is 5.57 Å². The van der Waals surface area contributed by atoms with Gasteiger partial charge in [-0.1, -0.05) is 24.3 Å². The minimum atomic E-state index is -1.16. The largest absolute Gasteiger partial charge is 0.478 e. The number of amides is 1. The van der Waals surface area contributed by atoms with E-state index < -0.39 is 11.9 Å². The Morgan fingerprint density at radius 3 is 2.65 bits per heavy atom. The normalized spacial score (nSPS) is 10.2. The van der Waals surface area contributed by atoms with E-state index in [9.17, 15) is 9.59 Å². The van der Waals surface area contributed by atoms with Gasteiger partial charge in [0.25, 0.3) is 0 Å².